The standard InChI is InChI=1S/C23H22N2O6/c1-12-9-25(10-13(2)31-12)18(26)11-30-23(29)17-8-7-16-19(20(17)24)22(28)15-6-4-3-5-14(15)21(16)27/h3-8,12-13H,9-11,24H2,1-2H3/t12-,13-/m1/s1. The number of esters is 1. The molecule has 160 valence electrons. The molecule has 2 aromatic carbocycles. The van der Waals surface area contributed by atoms with E-state index in [4.69, 9.17) is 15.2 Å². The van der Waals surface area contributed by atoms with E-state index in [-0.39, 0.29) is 51.8 Å². The van der Waals surface area contributed by atoms with Gasteiger partial charge in [-0.05, 0) is 26.0 Å². The Morgan fingerprint density at radius 1 is 1.00 bits per heavy atom. The summed E-state index contributed by atoms with van der Waals surface area (Å²) in [7, 11) is 0. The van der Waals surface area contributed by atoms with Gasteiger partial charge in [-0.25, -0.2) is 4.79 Å². The zero-order valence-corrected chi connectivity index (χ0v) is 17.2. The molecular formula is C23H22N2O6. The zero-order chi connectivity index (χ0) is 22.3. The second kappa shape index (κ2) is 7.96. The fraction of sp³-hybridized carbons (Fsp3) is 0.304. The van der Waals surface area contributed by atoms with Crippen molar-refractivity contribution in [2.75, 3.05) is 25.4 Å². The molecule has 2 N–H and O–H groups in total. The van der Waals surface area contributed by atoms with Crippen molar-refractivity contribution in [3.63, 3.8) is 0 Å². The normalized spacial score (nSPS) is 20.1. The Bertz CT molecular complexity index is 1100. The number of rotatable bonds is 3. The van der Waals surface area contributed by atoms with Crippen LogP contribution in [0.1, 0.15) is 56.0 Å². The number of hydrogen-bond acceptors (Lipinski definition) is 7. The van der Waals surface area contributed by atoms with Gasteiger partial charge in [0.15, 0.2) is 18.2 Å². The summed E-state index contributed by atoms with van der Waals surface area (Å²) in [6.45, 7) is 4.11. The maximum atomic E-state index is 12.9. The van der Waals surface area contributed by atoms with E-state index in [0.29, 0.717) is 18.7 Å². The van der Waals surface area contributed by atoms with Gasteiger partial charge in [-0.15, -0.1) is 0 Å². The van der Waals surface area contributed by atoms with Crippen LogP contribution in [0, 0.1) is 0 Å². The van der Waals surface area contributed by atoms with E-state index in [1.807, 2.05) is 13.8 Å². The molecule has 31 heavy (non-hydrogen) atoms. The van der Waals surface area contributed by atoms with Crippen LogP contribution in [0.5, 0.6) is 0 Å². The molecule has 2 atom stereocenters. The number of amides is 1. The molecule has 0 saturated carbocycles. The summed E-state index contributed by atoms with van der Waals surface area (Å²) in [5, 5.41) is 0. The zero-order valence-electron chi connectivity index (χ0n) is 17.2. The number of carbonyl (C=O) groups is 4. The third-order valence-electron chi connectivity index (χ3n) is 5.45. The van der Waals surface area contributed by atoms with Crippen LogP contribution in [-0.2, 0) is 14.3 Å². The van der Waals surface area contributed by atoms with Gasteiger partial charge < -0.3 is 20.1 Å². The van der Waals surface area contributed by atoms with Gasteiger partial charge in [0.1, 0.15) is 0 Å². The highest BCUT2D eigenvalue weighted by molar-refractivity contribution is 6.30. The van der Waals surface area contributed by atoms with Crippen LogP contribution >= 0.6 is 0 Å². The highest BCUT2D eigenvalue weighted by Crippen LogP contribution is 2.32. The molecule has 0 spiro atoms. The Morgan fingerprint density at radius 3 is 2.26 bits per heavy atom. The largest absolute Gasteiger partial charge is 0.452 e. The average molecular weight is 422 g/mol. The Morgan fingerprint density at radius 2 is 1.61 bits per heavy atom. The maximum absolute atomic E-state index is 12.9. The number of hydrogen-bond donors (Lipinski definition) is 1. The van der Waals surface area contributed by atoms with Gasteiger partial charge in [0, 0.05) is 29.8 Å². The number of nitrogens with zero attached hydrogens (tertiary/aromatic N) is 1. The first-order valence-electron chi connectivity index (χ1n) is 9.99. The molecule has 0 aromatic heterocycles. The molecule has 0 radical (unpaired) electrons. The van der Waals surface area contributed by atoms with Crippen molar-refractivity contribution in [2.24, 2.45) is 0 Å². The van der Waals surface area contributed by atoms with Crippen LogP contribution in [0.25, 0.3) is 0 Å². The molecule has 1 aliphatic carbocycles. The molecule has 0 unspecified atom stereocenters. The van der Waals surface area contributed by atoms with E-state index in [0.717, 1.165) is 0 Å². The molecule has 1 fully saturated rings. The number of ketones is 2. The van der Waals surface area contributed by atoms with Crippen molar-refractivity contribution >= 4 is 29.1 Å². The topological polar surface area (TPSA) is 116 Å². The summed E-state index contributed by atoms with van der Waals surface area (Å²) in [6, 6.07) is 9.20. The number of morpholine rings is 1. The number of anilines is 1. The van der Waals surface area contributed by atoms with E-state index < -0.39 is 18.4 Å². The van der Waals surface area contributed by atoms with Crippen LogP contribution in [0.3, 0.4) is 0 Å². The fourth-order valence-electron chi connectivity index (χ4n) is 4.07. The van der Waals surface area contributed by atoms with Gasteiger partial charge in [-0.2, -0.15) is 0 Å². The van der Waals surface area contributed by atoms with Crippen LogP contribution < -0.4 is 5.73 Å². The molecule has 8 nitrogen and oxygen atoms in total. The molecular weight excluding hydrogens is 400 g/mol. The highest BCUT2D eigenvalue weighted by atomic mass is 16.5. The molecule has 1 amide bonds. The number of nitrogens with two attached hydrogens (primary N) is 1. The minimum atomic E-state index is -0.831. The molecule has 0 bridgehead atoms. The van der Waals surface area contributed by atoms with E-state index >= 15 is 0 Å². The first kappa shape index (κ1) is 20.7. The lowest BCUT2D eigenvalue weighted by Crippen LogP contribution is -2.49. The fourth-order valence-corrected chi connectivity index (χ4v) is 4.07. The molecule has 1 heterocycles. The molecule has 8 heteroatoms. The number of carbonyl (C=O) groups excluding carboxylic acids is 4. The Labute approximate surface area is 178 Å². The van der Waals surface area contributed by atoms with Crippen molar-refractivity contribution in [3.8, 4) is 0 Å². The number of fused-ring (bicyclic) bond motifs is 2. The summed E-state index contributed by atoms with van der Waals surface area (Å²) in [6.07, 6.45) is -0.211. The Balaban J connectivity index is 1.53. The molecule has 2 aliphatic rings. The second-order valence-electron chi connectivity index (χ2n) is 7.79. The minimum absolute atomic E-state index is 0.0136. The first-order valence-corrected chi connectivity index (χ1v) is 9.99. The van der Waals surface area contributed by atoms with Gasteiger partial charge in [-0.1, -0.05) is 24.3 Å². The van der Waals surface area contributed by atoms with E-state index in [2.05, 4.69) is 0 Å². The summed E-state index contributed by atoms with van der Waals surface area (Å²) in [5.74, 6) is -1.93. The van der Waals surface area contributed by atoms with Gasteiger partial charge in [0.25, 0.3) is 5.91 Å². The SMILES string of the molecule is C[C@@H]1CN(C(=O)COC(=O)c2ccc3c(c2N)C(=O)c2ccccc2C3=O)C[C@@H](C)O1. The van der Waals surface area contributed by atoms with Gasteiger partial charge in [-0.3, -0.25) is 14.4 Å². The highest BCUT2D eigenvalue weighted by Gasteiger charge is 2.33. The van der Waals surface area contributed by atoms with Gasteiger partial charge >= 0.3 is 5.97 Å². The predicted octanol–water partition coefficient (Wildman–Crippen LogP) is 1.84. The van der Waals surface area contributed by atoms with E-state index in [1.165, 1.54) is 12.1 Å². The van der Waals surface area contributed by atoms with E-state index in [1.54, 1.807) is 29.2 Å². The lowest BCUT2D eigenvalue weighted by molar-refractivity contribution is -0.146. The quantitative estimate of drug-likeness (QED) is 0.506. The number of nitrogen functional groups attached to an aromatic ring is 1. The third kappa shape index (κ3) is 3.70. The first-order chi connectivity index (χ1) is 14.8. The Hall–Kier alpha value is -3.52. The number of benzene rings is 2. The summed E-state index contributed by atoms with van der Waals surface area (Å²) >= 11 is 0. The Kier molecular flexibility index (Phi) is 5.32. The lowest BCUT2D eigenvalue weighted by atomic mass is 9.82. The van der Waals surface area contributed by atoms with Crippen LogP contribution in [0.15, 0.2) is 36.4 Å². The van der Waals surface area contributed by atoms with Crippen molar-refractivity contribution in [2.45, 2.75) is 26.1 Å². The smallest absolute Gasteiger partial charge is 0.340 e. The van der Waals surface area contributed by atoms with Crippen LogP contribution in [-0.4, -0.2) is 60.2 Å². The average Bonchev–Trinajstić information content (AvgIpc) is 2.74. The van der Waals surface area contributed by atoms with Crippen molar-refractivity contribution < 1.29 is 28.7 Å². The van der Waals surface area contributed by atoms with E-state index in [9.17, 15) is 19.2 Å². The maximum Gasteiger partial charge on any atom is 0.340 e. The van der Waals surface area contributed by atoms with Crippen molar-refractivity contribution in [1.29, 1.82) is 0 Å². The summed E-state index contributed by atoms with van der Waals surface area (Å²) in [5.41, 5.74) is 6.60. The minimum Gasteiger partial charge on any atom is -0.452 e. The lowest BCUT2D eigenvalue weighted by Gasteiger charge is -2.35. The van der Waals surface area contributed by atoms with Crippen LogP contribution in [0.2, 0.25) is 0 Å². The number of ether oxygens (including phenoxy) is 2. The van der Waals surface area contributed by atoms with Crippen LogP contribution in [0.4, 0.5) is 5.69 Å². The summed E-state index contributed by atoms with van der Waals surface area (Å²) < 4.78 is 10.8. The monoisotopic (exact) mass is 422 g/mol. The predicted molar refractivity (Wildman–Crippen MR) is 111 cm³/mol. The molecule has 4 rings (SSSR count). The second-order valence-corrected chi connectivity index (χ2v) is 7.79. The molecule has 1 aliphatic heterocycles. The van der Waals surface area contributed by atoms with Gasteiger partial charge in [0.2, 0.25) is 0 Å². The molecule has 1 saturated heterocycles. The summed E-state index contributed by atoms with van der Waals surface area (Å²) in [4.78, 5) is 52.3. The van der Waals surface area contributed by atoms with Gasteiger partial charge in [0.05, 0.1) is 29.0 Å². The van der Waals surface area contributed by atoms with Crippen molar-refractivity contribution in [1.82, 2.24) is 4.90 Å². The van der Waals surface area contributed by atoms with Crippen molar-refractivity contribution in [3.05, 3.63) is 64.2 Å². The third-order valence-corrected chi connectivity index (χ3v) is 5.45. The molecule has 2 aromatic rings.